The summed E-state index contributed by atoms with van der Waals surface area (Å²) >= 11 is -2.29. The lowest BCUT2D eigenvalue weighted by molar-refractivity contribution is 0.474. The van der Waals surface area contributed by atoms with Crippen LogP contribution in [-0.4, -0.2) is 34.6 Å². The van der Waals surface area contributed by atoms with Crippen LogP contribution in [-0.2, 0) is 21.1 Å². The number of hydrogen-bond donors (Lipinski definition) is 1. The summed E-state index contributed by atoms with van der Waals surface area (Å²) in [4.78, 5) is -0.123. The van der Waals surface area contributed by atoms with Crippen molar-refractivity contribution in [2.24, 2.45) is 0 Å². The van der Waals surface area contributed by atoms with Gasteiger partial charge in [-0.1, -0.05) is 12.1 Å². The standard InChI is InChI=1S/C10H13NO4S2/c12-16(13)9-5-1-2-6-10(9)17(14,15)11-7-3-4-8-11/h1-2,5-6H,3-4,7-8H2,(H,12,13). The number of rotatable bonds is 3. The molecule has 0 amide bonds. The molecule has 1 N–H and O–H groups in total. The van der Waals surface area contributed by atoms with Crippen LogP contribution in [0.4, 0.5) is 0 Å². The first-order valence-corrected chi connectivity index (χ1v) is 7.78. The highest BCUT2D eigenvalue weighted by molar-refractivity contribution is 7.90. The molecule has 0 aliphatic carbocycles. The van der Waals surface area contributed by atoms with Gasteiger partial charge in [0, 0.05) is 13.1 Å². The zero-order valence-corrected chi connectivity index (χ0v) is 10.7. The summed E-state index contributed by atoms with van der Waals surface area (Å²) in [7, 11) is -3.63. The second-order valence-electron chi connectivity index (χ2n) is 3.81. The second kappa shape index (κ2) is 4.85. The molecule has 0 saturated carbocycles. The van der Waals surface area contributed by atoms with Gasteiger partial charge >= 0.3 is 0 Å². The zero-order chi connectivity index (χ0) is 12.5. The lowest BCUT2D eigenvalue weighted by Gasteiger charge is -2.16. The van der Waals surface area contributed by atoms with Gasteiger partial charge in [-0.25, -0.2) is 12.6 Å². The molecule has 1 aromatic rings. The molecule has 1 aliphatic heterocycles. The summed E-state index contributed by atoms with van der Waals surface area (Å²) in [5, 5.41) is 0. The average molecular weight is 275 g/mol. The van der Waals surface area contributed by atoms with Gasteiger partial charge in [0.1, 0.15) is 4.90 Å². The molecule has 1 fully saturated rings. The van der Waals surface area contributed by atoms with Gasteiger partial charge in [-0.15, -0.1) is 0 Å². The van der Waals surface area contributed by atoms with Gasteiger partial charge < -0.3 is 4.55 Å². The summed E-state index contributed by atoms with van der Waals surface area (Å²) in [5.41, 5.74) is 0. The van der Waals surface area contributed by atoms with Crippen LogP contribution < -0.4 is 0 Å². The summed E-state index contributed by atoms with van der Waals surface area (Å²) in [6.07, 6.45) is 1.67. The quantitative estimate of drug-likeness (QED) is 0.837. The summed E-state index contributed by atoms with van der Waals surface area (Å²) in [6.45, 7) is 0.962. The van der Waals surface area contributed by atoms with Crippen LogP contribution >= 0.6 is 0 Å². The molecule has 1 aromatic carbocycles. The maximum absolute atomic E-state index is 12.2. The molecule has 7 heteroatoms. The summed E-state index contributed by atoms with van der Waals surface area (Å²) in [6, 6.07) is 5.84. The third-order valence-electron chi connectivity index (χ3n) is 2.72. The van der Waals surface area contributed by atoms with Crippen LogP contribution in [0.15, 0.2) is 34.1 Å². The van der Waals surface area contributed by atoms with Crippen LogP contribution in [0.1, 0.15) is 12.8 Å². The van der Waals surface area contributed by atoms with Gasteiger partial charge in [-0.3, -0.25) is 0 Å². The fourth-order valence-corrected chi connectivity index (χ4v) is 4.43. The Hall–Kier alpha value is -0.760. The largest absolute Gasteiger partial charge is 0.302 e. The van der Waals surface area contributed by atoms with Crippen molar-refractivity contribution in [3.8, 4) is 0 Å². The Balaban J connectivity index is 2.49. The van der Waals surface area contributed by atoms with E-state index in [1.54, 1.807) is 12.1 Å². The van der Waals surface area contributed by atoms with Crippen molar-refractivity contribution in [3.63, 3.8) is 0 Å². The highest BCUT2D eigenvalue weighted by Gasteiger charge is 2.30. The number of hydrogen-bond acceptors (Lipinski definition) is 3. The van der Waals surface area contributed by atoms with Crippen LogP contribution in [0.3, 0.4) is 0 Å². The van der Waals surface area contributed by atoms with Crippen molar-refractivity contribution in [3.05, 3.63) is 24.3 Å². The van der Waals surface area contributed by atoms with Crippen molar-refractivity contribution < 1.29 is 17.2 Å². The van der Waals surface area contributed by atoms with Crippen molar-refractivity contribution in [2.45, 2.75) is 22.6 Å². The molecule has 94 valence electrons. The van der Waals surface area contributed by atoms with E-state index in [0.29, 0.717) is 13.1 Å². The molecular formula is C10H13NO4S2. The Labute approximate surface area is 103 Å². The van der Waals surface area contributed by atoms with Crippen LogP contribution in [0.5, 0.6) is 0 Å². The molecule has 1 saturated heterocycles. The fraction of sp³-hybridized carbons (Fsp3) is 0.400. The number of benzene rings is 1. The summed E-state index contributed by atoms with van der Waals surface area (Å²) < 4.78 is 46.1. The first-order valence-electron chi connectivity index (χ1n) is 5.23. The van der Waals surface area contributed by atoms with E-state index in [9.17, 15) is 12.6 Å². The van der Waals surface area contributed by atoms with Gasteiger partial charge in [0.25, 0.3) is 0 Å². The van der Waals surface area contributed by atoms with E-state index in [-0.39, 0.29) is 9.79 Å². The summed E-state index contributed by atoms with van der Waals surface area (Å²) in [5.74, 6) is 0. The Kier molecular flexibility index (Phi) is 3.62. The first-order chi connectivity index (χ1) is 8.03. The Bertz CT molecular complexity index is 535. The molecular weight excluding hydrogens is 262 g/mol. The highest BCUT2D eigenvalue weighted by Crippen LogP contribution is 2.25. The van der Waals surface area contributed by atoms with Crippen LogP contribution in [0, 0.1) is 0 Å². The monoisotopic (exact) mass is 275 g/mol. The van der Waals surface area contributed by atoms with E-state index in [2.05, 4.69) is 0 Å². The number of nitrogens with zero attached hydrogens (tertiary/aromatic N) is 1. The molecule has 0 aromatic heterocycles. The maximum atomic E-state index is 12.2. The molecule has 2 rings (SSSR count). The van der Waals surface area contributed by atoms with Crippen LogP contribution in [0.2, 0.25) is 0 Å². The second-order valence-corrected chi connectivity index (χ2v) is 6.65. The Morgan fingerprint density at radius 1 is 1.18 bits per heavy atom. The molecule has 1 unspecified atom stereocenters. The van der Waals surface area contributed by atoms with E-state index in [1.165, 1.54) is 16.4 Å². The molecule has 0 radical (unpaired) electrons. The van der Waals surface area contributed by atoms with Gasteiger partial charge in [0.2, 0.25) is 10.0 Å². The van der Waals surface area contributed by atoms with Gasteiger partial charge in [-0.05, 0) is 25.0 Å². The predicted molar refractivity (Wildman–Crippen MR) is 63.5 cm³/mol. The maximum Gasteiger partial charge on any atom is 0.244 e. The highest BCUT2D eigenvalue weighted by atomic mass is 32.2. The predicted octanol–water partition coefficient (Wildman–Crippen LogP) is 1.05. The molecule has 0 bridgehead atoms. The molecule has 1 atom stereocenters. The van der Waals surface area contributed by atoms with Crippen molar-refractivity contribution in [1.29, 1.82) is 0 Å². The Morgan fingerprint density at radius 3 is 2.35 bits per heavy atom. The lowest BCUT2D eigenvalue weighted by Crippen LogP contribution is -2.28. The first kappa shape index (κ1) is 12.7. The third-order valence-corrected chi connectivity index (χ3v) is 5.54. The minimum atomic E-state index is -3.63. The molecule has 1 heterocycles. The molecule has 17 heavy (non-hydrogen) atoms. The van der Waals surface area contributed by atoms with Gasteiger partial charge in [0.05, 0.1) is 4.90 Å². The van der Waals surface area contributed by atoms with Crippen LogP contribution in [0.25, 0.3) is 0 Å². The lowest BCUT2D eigenvalue weighted by atomic mass is 10.4. The van der Waals surface area contributed by atoms with E-state index >= 15 is 0 Å². The molecule has 5 nitrogen and oxygen atoms in total. The zero-order valence-electron chi connectivity index (χ0n) is 9.07. The van der Waals surface area contributed by atoms with E-state index < -0.39 is 21.1 Å². The SMILES string of the molecule is O=S(O)c1ccccc1S(=O)(=O)N1CCCC1. The normalized spacial score (nSPS) is 19.4. The number of sulfonamides is 1. The van der Waals surface area contributed by atoms with Gasteiger partial charge in [0.15, 0.2) is 11.1 Å². The average Bonchev–Trinajstić information content (AvgIpc) is 2.83. The van der Waals surface area contributed by atoms with Crippen molar-refractivity contribution in [2.75, 3.05) is 13.1 Å². The van der Waals surface area contributed by atoms with E-state index in [4.69, 9.17) is 4.55 Å². The smallest absolute Gasteiger partial charge is 0.244 e. The topological polar surface area (TPSA) is 74.7 Å². The molecule has 0 spiro atoms. The fourth-order valence-electron chi connectivity index (χ4n) is 1.88. The van der Waals surface area contributed by atoms with E-state index in [1.807, 2.05) is 0 Å². The van der Waals surface area contributed by atoms with Crippen molar-refractivity contribution in [1.82, 2.24) is 4.31 Å². The van der Waals surface area contributed by atoms with Crippen molar-refractivity contribution >= 4 is 21.1 Å². The Morgan fingerprint density at radius 2 is 1.76 bits per heavy atom. The minimum absolute atomic E-state index is 0.0561. The van der Waals surface area contributed by atoms with E-state index in [0.717, 1.165) is 12.8 Å². The van der Waals surface area contributed by atoms with Gasteiger partial charge in [-0.2, -0.15) is 4.31 Å². The third kappa shape index (κ3) is 2.42. The minimum Gasteiger partial charge on any atom is -0.302 e. The molecule has 1 aliphatic rings.